The SMILES string of the molecule is CCOC(=O)C1=C(CN2CCCCC2)N(CC)C(=O)NC1c1ccc(C(F)(F)F)cc1. The van der Waals surface area contributed by atoms with E-state index in [1.165, 1.54) is 17.0 Å². The van der Waals surface area contributed by atoms with E-state index in [9.17, 15) is 22.8 Å². The van der Waals surface area contributed by atoms with Crippen molar-refractivity contribution in [2.24, 2.45) is 0 Å². The highest BCUT2D eigenvalue weighted by molar-refractivity contribution is 5.95. The van der Waals surface area contributed by atoms with E-state index in [0.29, 0.717) is 24.4 Å². The number of nitrogens with one attached hydrogen (secondary N) is 1. The first-order valence-corrected chi connectivity index (χ1v) is 10.6. The van der Waals surface area contributed by atoms with Gasteiger partial charge in [-0.15, -0.1) is 0 Å². The van der Waals surface area contributed by atoms with Gasteiger partial charge in [-0.05, 0) is 57.5 Å². The van der Waals surface area contributed by atoms with Gasteiger partial charge in [0.2, 0.25) is 0 Å². The predicted molar refractivity (Wildman–Crippen MR) is 109 cm³/mol. The molecule has 3 rings (SSSR count). The second kappa shape index (κ2) is 9.72. The molecule has 9 heteroatoms. The van der Waals surface area contributed by atoms with Gasteiger partial charge in [-0.25, -0.2) is 9.59 Å². The molecule has 1 N–H and O–H groups in total. The van der Waals surface area contributed by atoms with Crippen LogP contribution in [0.3, 0.4) is 0 Å². The quantitative estimate of drug-likeness (QED) is 0.678. The molecule has 0 saturated carbocycles. The molecule has 1 saturated heterocycles. The molecule has 0 aliphatic carbocycles. The highest BCUT2D eigenvalue weighted by Gasteiger charge is 2.39. The number of urea groups is 1. The number of nitrogens with zero attached hydrogens (tertiary/aromatic N) is 2. The highest BCUT2D eigenvalue weighted by atomic mass is 19.4. The van der Waals surface area contributed by atoms with Gasteiger partial charge in [-0.3, -0.25) is 9.80 Å². The molecule has 2 amide bonds. The van der Waals surface area contributed by atoms with Gasteiger partial charge in [-0.2, -0.15) is 13.2 Å². The number of benzene rings is 1. The number of carbonyl (C=O) groups excluding carboxylic acids is 2. The second-order valence-electron chi connectivity index (χ2n) is 7.66. The summed E-state index contributed by atoms with van der Waals surface area (Å²) in [4.78, 5) is 29.5. The van der Waals surface area contributed by atoms with Crippen molar-refractivity contribution in [1.29, 1.82) is 0 Å². The number of carbonyl (C=O) groups is 2. The average molecular weight is 439 g/mol. The molecule has 2 aliphatic heterocycles. The van der Waals surface area contributed by atoms with Crippen LogP contribution in [-0.2, 0) is 15.7 Å². The van der Waals surface area contributed by atoms with Crippen LogP contribution in [0.5, 0.6) is 0 Å². The molecule has 2 heterocycles. The monoisotopic (exact) mass is 439 g/mol. The van der Waals surface area contributed by atoms with E-state index >= 15 is 0 Å². The molecule has 1 unspecified atom stereocenters. The number of likely N-dealkylation sites (N-methyl/N-ethyl adjacent to an activating group) is 1. The van der Waals surface area contributed by atoms with Gasteiger partial charge in [0.05, 0.1) is 23.8 Å². The summed E-state index contributed by atoms with van der Waals surface area (Å²) in [7, 11) is 0. The van der Waals surface area contributed by atoms with E-state index in [4.69, 9.17) is 4.74 Å². The first kappa shape index (κ1) is 23.1. The maximum absolute atomic E-state index is 13.0. The summed E-state index contributed by atoms with van der Waals surface area (Å²) in [5, 5.41) is 2.78. The van der Waals surface area contributed by atoms with Crippen LogP contribution < -0.4 is 5.32 Å². The lowest BCUT2D eigenvalue weighted by molar-refractivity contribution is -0.139. The molecular weight excluding hydrogens is 411 g/mol. The Kier molecular flexibility index (Phi) is 7.25. The number of amides is 2. The van der Waals surface area contributed by atoms with Crippen LogP contribution >= 0.6 is 0 Å². The topological polar surface area (TPSA) is 61.9 Å². The van der Waals surface area contributed by atoms with Gasteiger partial charge in [0, 0.05) is 18.8 Å². The Morgan fingerprint density at radius 2 is 1.77 bits per heavy atom. The molecule has 1 fully saturated rings. The number of ether oxygens (including phenoxy) is 1. The van der Waals surface area contributed by atoms with E-state index < -0.39 is 23.8 Å². The molecule has 0 radical (unpaired) electrons. The van der Waals surface area contributed by atoms with Crippen LogP contribution in [0.1, 0.15) is 50.3 Å². The predicted octanol–water partition coefficient (Wildman–Crippen LogP) is 4.09. The molecule has 6 nitrogen and oxygen atoms in total. The summed E-state index contributed by atoms with van der Waals surface area (Å²) in [6.45, 7) is 6.16. The lowest BCUT2D eigenvalue weighted by atomic mass is 9.93. The second-order valence-corrected chi connectivity index (χ2v) is 7.66. The number of piperidine rings is 1. The van der Waals surface area contributed by atoms with Gasteiger partial charge in [0.25, 0.3) is 0 Å². The zero-order valence-corrected chi connectivity index (χ0v) is 17.8. The third kappa shape index (κ3) is 5.20. The first-order valence-electron chi connectivity index (χ1n) is 10.6. The molecule has 0 aromatic heterocycles. The average Bonchev–Trinajstić information content (AvgIpc) is 2.74. The van der Waals surface area contributed by atoms with Crippen molar-refractivity contribution < 1.29 is 27.5 Å². The summed E-state index contributed by atoms with van der Waals surface area (Å²) < 4.78 is 44.2. The van der Waals surface area contributed by atoms with E-state index in [1.54, 1.807) is 6.92 Å². The zero-order valence-electron chi connectivity index (χ0n) is 17.8. The minimum absolute atomic E-state index is 0.152. The Balaban J connectivity index is 2.06. The maximum Gasteiger partial charge on any atom is 0.416 e. The number of alkyl halides is 3. The van der Waals surface area contributed by atoms with Crippen molar-refractivity contribution in [2.75, 3.05) is 32.8 Å². The van der Waals surface area contributed by atoms with Crippen molar-refractivity contribution in [3.8, 4) is 0 Å². The minimum Gasteiger partial charge on any atom is -0.463 e. The molecule has 0 bridgehead atoms. The molecule has 1 aromatic rings. The van der Waals surface area contributed by atoms with Gasteiger partial charge < -0.3 is 10.1 Å². The lowest BCUT2D eigenvalue weighted by Crippen LogP contribution is -2.51. The van der Waals surface area contributed by atoms with Crippen LogP contribution in [-0.4, -0.2) is 54.6 Å². The highest BCUT2D eigenvalue weighted by Crippen LogP contribution is 2.35. The number of esters is 1. The van der Waals surface area contributed by atoms with E-state index in [-0.39, 0.29) is 18.2 Å². The zero-order chi connectivity index (χ0) is 22.6. The maximum atomic E-state index is 13.0. The lowest BCUT2D eigenvalue weighted by Gasteiger charge is -2.39. The fourth-order valence-electron chi connectivity index (χ4n) is 4.10. The number of halogens is 3. The van der Waals surface area contributed by atoms with E-state index in [1.807, 2.05) is 6.92 Å². The van der Waals surface area contributed by atoms with Crippen molar-refractivity contribution in [1.82, 2.24) is 15.1 Å². The normalized spacial score (nSPS) is 20.6. The molecule has 1 aromatic carbocycles. The van der Waals surface area contributed by atoms with Gasteiger partial charge in [0.1, 0.15) is 0 Å². The molecule has 2 aliphatic rings. The van der Waals surface area contributed by atoms with Crippen molar-refractivity contribution >= 4 is 12.0 Å². The molecule has 31 heavy (non-hydrogen) atoms. The van der Waals surface area contributed by atoms with Gasteiger partial charge in [-0.1, -0.05) is 18.6 Å². The Bertz CT molecular complexity index is 831. The van der Waals surface area contributed by atoms with Crippen LogP contribution in [0, 0.1) is 0 Å². The van der Waals surface area contributed by atoms with Gasteiger partial charge in [0.15, 0.2) is 0 Å². The van der Waals surface area contributed by atoms with Crippen molar-refractivity contribution in [3.05, 3.63) is 46.7 Å². The summed E-state index contributed by atoms with van der Waals surface area (Å²) in [5.74, 6) is -0.571. The van der Waals surface area contributed by atoms with E-state index in [2.05, 4.69) is 10.2 Å². The van der Waals surface area contributed by atoms with Gasteiger partial charge >= 0.3 is 18.2 Å². The van der Waals surface area contributed by atoms with Crippen LogP contribution in [0.25, 0.3) is 0 Å². The fraction of sp³-hybridized carbons (Fsp3) is 0.545. The smallest absolute Gasteiger partial charge is 0.416 e. The number of hydrogen-bond donors (Lipinski definition) is 1. The summed E-state index contributed by atoms with van der Waals surface area (Å²) in [5.41, 5.74) is 0.435. The van der Waals surface area contributed by atoms with Crippen molar-refractivity contribution in [2.45, 2.75) is 45.3 Å². The Hall–Kier alpha value is -2.55. The Morgan fingerprint density at radius 3 is 2.32 bits per heavy atom. The van der Waals surface area contributed by atoms with Crippen LogP contribution in [0.2, 0.25) is 0 Å². The number of likely N-dealkylation sites (tertiary alicyclic amines) is 1. The van der Waals surface area contributed by atoms with E-state index in [0.717, 1.165) is 44.5 Å². The third-order valence-electron chi connectivity index (χ3n) is 5.64. The number of rotatable bonds is 6. The fourth-order valence-corrected chi connectivity index (χ4v) is 4.10. The molecule has 1 atom stereocenters. The summed E-state index contributed by atoms with van der Waals surface area (Å²) in [6, 6.07) is 3.26. The first-order chi connectivity index (χ1) is 14.8. The van der Waals surface area contributed by atoms with Crippen molar-refractivity contribution in [3.63, 3.8) is 0 Å². The third-order valence-corrected chi connectivity index (χ3v) is 5.64. The number of hydrogen-bond acceptors (Lipinski definition) is 4. The molecular formula is C22H28F3N3O3. The summed E-state index contributed by atoms with van der Waals surface area (Å²) >= 11 is 0. The summed E-state index contributed by atoms with van der Waals surface area (Å²) in [6.07, 6.45) is -1.23. The molecule has 170 valence electrons. The largest absolute Gasteiger partial charge is 0.463 e. The van der Waals surface area contributed by atoms with Crippen LogP contribution in [0.4, 0.5) is 18.0 Å². The Morgan fingerprint density at radius 1 is 1.13 bits per heavy atom. The molecule has 0 spiro atoms. The standard InChI is InChI=1S/C22H28F3N3O3/c1-3-28-17(14-27-12-6-5-7-13-27)18(20(29)31-4-2)19(26-21(28)30)15-8-10-16(11-9-15)22(23,24)25/h8-11,19H,3-7,12-14H2,1-2H3,(H,26,30). The Labute approximate surface area is 180 Å². The van der Waals surface area contributed by atoms with Crippen LogP contribution in [0.15, 0.2) is 35.5 Å². The minimum atomic E-state index is -4.47.